The minimum atomic E-state index is -0.292. The quantitative estimate of drug-likeness (QED) is 0.818. The van der Waals surface area contributed by atoms with Crippen LogP contribution in [0.1, 0.15) is 48.5 Å². The summed E-state index contributed by atoms with van der Waals surface area (Å²) in [7, 11) is 1.41. The van der Waals surface area contributed by atoms with Crippen molar-refractivity contribution in [1.82, 2.24) is 5.32 Å². The van der Waals surface area contributed by atoms with Gasteiger partial charge in [0.25, 0.3) is 0 Å². The van der Waals surface area contributed by atoms with Crippen LogP contribution in [0, 0.1) is 6.92 Å². The predicted molar refractivity (Wildman–Crippen MR) is 85.9 cm³/mol. The van der Waals surface area contributed by atoms with Crippen molar-refractivity contribution in [2.45, 2.75) is 51.6 Å². The van der Waals surface area contributed by atoms with Crippen molar-refractivity contribution >= 4 is 11.7 Å². The highest BCUT2D eigenvalue weighted by molar-refractivity contribution is 5.90. The van der Waals surface area contributed by atoms with E-state index in [2.05, 4.69) is 24.5 Å². The van der Waals surface area contributed by atoms with Crippen LogP contribution in [-0.2, 0) is 4.74 Å². The van der Waals surface area contributed by atoms with Gasteiger partial charge in [0.05, 0.1) is 12.7 Å². The van der Waals surface area contributed by atoms with Gasteiger partial charge < -0.3 is 15.4 Å². The lowest BCUT2D eigenvalue weighted by Crippen LogP contribution is -2.37. The Kier molecular flexibility index (Phi) is 5.62. The number of carbonyl (C=O) groups is 1. The number of esters is 1. The average molecular weight is 290 g/mol. The molecule has 2 atom stereocenters. The summed E-state index contributed by atoms with van der Waals surface area (Å²) in [4.78, 5) is 11.6. The molecule has 0 radical (unpaired) electrons. The van der Waals surface area contributed by atoms with E-state index < -0.39 is 0 Å². The summed E-state index contributed by atoms with van der Waals surface area (Å²) < 4.78 is 4.78. The van der Waals surface area contributed by atoms with Gasteiger partial charge >= 0.3 is 5.97 Å². The fourth-order valence-electron chi connectivity index (χ4n) is 2.90. The van der Waals surface area contributed by atoms with Crippen LogP contribution >= 0.6 is 0 Å². The molecule has 2 rings (SSSR count). The first kappa shape index (κ1) is 15.8. The van der Waals surface area contributed by atoms with Crippen LogP contribution < -0.4 is 10.6 Å². The lowest BCUT2D eigenvalue weighted by molar-refractivity contribution is 0.0601. The molecule has 1 aliphatic rings. The van der Waals surface area contributed by atoms with Gasteiger partial charge in [-0.15, -0.1) is 0 Å². The van der Waals surface area contributed by atoms with Crippen molar-refractivity contribution in [3.8, 4) is 0 Å². The van der Waals surface area contributed by atoms with E-state index in [1.54, 1.807) is 6.07 Å². The highest BCUT2D eigenvalue weighted by Crippen LogP contribution is 2.20. The SMILES string of the molecule is COC(=O)c1ccc(C)c(NC(C)CC2CCCCN2)c1. The summed E-state index contributed by atoms with van der Waals surface area (Å²) in [5, 5.41) is 7.10. The summed E-state index contributed by atoms with van der Waals surface area (Å²) in [6, 6.07) is 6.61. The molecular weight excluding hydrogens is 264 g/mol. The summed E-state index contributed by atoms with van der Waals surface area (Å²) in [6.45, 7) is 5.38. The van der Waals surface area contributed by atoms with E-state index in [1.807, 2.05) is 12.1 Å². The zero-order valence-corrected chi connectivity index (χ0v) is 13.2. The van der Waals surface area contributed by atoms with Gasteiger partial charge in [-0.25, -0.2) is 4.79 Å². The molecule has 21 heavy (non-hydrogen) atoms. The minimum Gasteiger partial charge on any atom is -0.465 e. The van der Waals surface area contributed by atoms with Gasteiger partial charge in [-0.2, -0.15) is 0 Å². The van der Waals surface area contributed by atoms with Crippen LogP contribution in [0.15, 0.2) is 18.2 Å². The fourth-order valence-corrected chi connectivity index (χ4v) is 2.90. The monoisotopic (exact) mass is 290 g/mol. The van der Waals surface area contributed by atoms with Crippen molar-refractivity contribution in [3.63, 3.8) is 0 Å². The molecule has 0 spiro atoms. The first-order chi connectivity index (χ1) is 10.1. The fraction of sp³-hybridized carbons (Fsp3) is 0.588. The zero-order valence-electron chi connectivity index (χ0n) is 13.2. The maximum atomic E-state index is 11.6. The lowest BCUT2D eigenvalue weighted by atomic mass is 9.98. The summed E-state index contributed by atoms with van der Waals surface area (Å²) in [6.07, 6.45) is 4.97. The number of aryl methyl sites for hydroxylation is 1. The summed E-state index contributed by atoms with van der Waals surface area (Å²) in [5.74, 6) is -0.292. The number of methoxy groups -OCH3 is 1. The van der Waals surface area contributed by atoms with Gasteiger partial charge in [0, 0.05) is 17.8 Å². The van der Waals surface area contributed by atoms with E-state index in [1.165, 1.54) is 26.4 Å². The first-order valence-corrected chi connectivity index (χ1v) is 7.79. The Morgan fingerprint density at radius 2 is 2.29 bits per heavy atom. The number of rotatable bonds is 5. The Hall–Kier alpha value is -1.55. The number of benzene rings is 1. The molecule has 0 aliphatic carbocycles. The van der Waals surface area contributed by atoms with Crippen molar-refractivity contribution < 1.29 is 9.53 Å². The molecule has 2 N–H and O–H groups in total. The van der Waals surface area contributed by atoms with E-state index in [4.69, 9.17) is 4.74 Å². The van der Waals surface area contributed by atoms with E-state index in [-0.39, 0.29) is 5.97 Å². The molecule has 1 saturated heterocycles. The van der Waals surface area contributed by atoms with Gasteiger partial charge in [0.2, 0.25) is 0 Å². The highest BCUT2D eigenvalue weighted by Gasteiger charge is 2.16. The van der Waals surface area contributed by atoms with E-state index in [0.717, 1.165) is 24.2 Å². The molecule has 1 aromatic rings. The van der Waals surface area contributed by atoms with Crippen molar-refractivity contribution in [1.29, 1.82) is 0 Å². The number of hydrogen-bond donors (Lipinski definition) is 2. The van der Waals surface area contributed by atoms with Crippen LogP contribution in [0.3, 0.4) is 0 Å². The van der Waals surface area contributed by atoms with Crippen LogP contribution in [0.2, 0.25) is 0 Å². The van der Waals surface area contributed by atoms with Crippen molar-refractivity contribution in [3.05, 3.63) is 29.3 Å². The molecule has 4 heteroatoms. The molecule has 116 valence electrons. The molecule has 0 aromatic heterocycles. The molecule has 1 heterocycles. The largest absolute Gasteiger partial charge is 0.465 e. The van der Waals surface area contributed by atoms with Gasteiger partial charge in [-0.3, -0.25) is 0 Å². The molecule has 1 aromatic carbocycles. The van der Waals surface area contributed by atoms with Gasteiger partial charge in [-0.1, -0.05) is 12.5 Å². The Morgan fingerprint density at radius 3 is 2.95 bits per heavy atom. The number of ether oxygens (including phenoxy) is 1. The topological polar surface area (TPSA) is 50.4 Å². The van der Waals surface area contributed by atoms with E-state index >= 15 is 0 Å². The third-order valence-electron chi connectivity index (χ3n) is 4.11. The third-order valence-corrected chi connectivity index (χ3v) is 4.11. The smallest absolute Gasteiger partial charge is 0.337 e. The second-order valence-electron chi connectivity index (χ2n) is 5.95. The Bertz CT molecular complexity index is 482. The van der Waals surface area contributed by atoms with Crippen LogP contribution in [-0.4, -0.2) is 31.7 Å². The maximum Gasteiger partial charge on any atom is 0.337 e. The molecule has 0 amide bonds. The summed E-state index contributed by atoms with van der Waals surface area (Å²) in [5.41, 5.74) is 2.75. The molecular formula is C17H26N2O2. The second kappa shape index (κ2) is 7.46. The van der Waals surface area contributed by atoms with Crippen molar-refractivity contribution in [2.24, 2.45) is 0 Å². The van der Waals surface area contributed by atoms with Gasteiger partial charge in [0.1, 0.15) is 0 Å². The Balaban J connectivity index is 1.98. The predicted octanol–water partition coefficient (Wildman–Crippen LogP) is 3.11. The molecule has 0 bridgehead atoms. The van der Waals surface area contributed by atoms with Crippen LogP contribution in [0.5, 0.6) is 0 Å². The standard InChI is InChI=1S/C17H26N2O2/c1-12-7-8-14(17(20)21-3)11-16(12)19-13(2)10-15-6-4-5-9-18-15/h7-8,11,13,15,18-19H,4-6,9-10H2,1-3H3. The molecule has 1 fully saturated rings. The normalized spacial score (nSPS) is 19.9. The first-order valence-electron chi connectivity index (χ1n) is 7.79. The van der Waals surface area contributed by atoms with Gasteiger partial charge in [0.15, 0.2) is 0 Å². The number of anilines is 1. The van der Waals surface area contributed by atoms with E-state index in [0.29, 0.717) is 17.6 Å². The second-order valence-corrected chi connectivity index (χ2v) is 5.95. The number of hydrogen-bond acceptors (Lipinski definition) is 4. The third kappa shape index (κ3) is 4.46. The molecule has 4 nitrogen and oxygen atoms in total. The number of carbonyl (C=O) groups excluding carboxylic acids is 1. The van der Waals surface area contributed by atoms with Crippen LogP contribution in [0.4, 0.5) is 5.69 Å². The number of nitrogens with one attached hydrogen (secondary N) is 2. The average Bonchev–Trinajstić information content (AvgIpc) is 2.49. The van der Waals surface area contributed by atoms with Crippen molar-refractivity contribution in [2.75, 3.05) is 19.0 Å². The molecule has 1 aliphatic heterocycles. The van der Waals surface area contributed by atoms with Gasteiger partial charge in [-0.05, 0) is 57.4 Å². The lowest BCUT2D eigenvalue weighted by Gasteiger charge is -2.27. The Labute approximate surface area is 127 Å². The highest BCUT2D eigenvalue weighted by atomic mass is 16.5. The summed E-state index contributed by atoms with van der Waals surface area (Å²) >= 11 is 0. The minimum absolute atomic E-state index is 0.292. The maximum absolute atomic E-state index is 11.6. The molecule has 2 unspecified atom stereocenters. The van der Waals surface area contributed by atoms with E-state index in [9.17, 15) is 4.79 Å². The molecule has 0 saturated carbocycles. The van der Waals surface area contributed by atoms with Crippen LogP contribution in [0.25, 0.3) is 0 Å². The Morgan fingerprint density at radius 1 is 1.48 bits per heavy atom. The zero-order chi connectivity index (χ0) is 15.2. The number of piperidine rings is 1.